The minimum absolute atomic E-state index is 0.296. The first-order valence-electron chi connectivity index (χ1n) is 7.01. The smallest absolute Gasteiger partial charge is 0.224 e. The first-order chi connectivity index (χ1) is 9.24. The summed E-state index contributed by atoms with van der Waals surface area (Å²) >= 11 is 3.60. The average Bonchev–Trinajstić information content (AvgIpc) is 2.91. The van der Waals surface area contributed by atoms with Gasteiger partial charge in [-0.05, 0) is 43.0 Å². The van der Waals surface area contributed by atoms with Crippen LogP contribution in [0.2, 0.25) is 0 Å². The summed E-state index contributed by atoms with van der Waals surface area (Å²) in [5.41, 5.74) is 2.65. The van der Waals surface area contributed by atoms with Crippen LogP contribution < -0.4 is 5.32 Å². The summed E-state index contributed by atoms with van der Waals surface area (Å²) in [6.07, 6.45) is 3.96. The number of benzene rings is 1. The first kappa shape index (κ1) is 13.1. The zero-order valence-electron chi connectivity index (χ0n) is 11.0. The molecular weight excluding hydrogens is 304 g/mol. The van der Waals surface area contributed by atoms with Gasteiger partial charge >= 0.3 is 0 Å². The Bertz CT molecular complexity index is 483. The van der Waals surface area contributed by atoms with Crippen molar-refractivity contribution in [2.75, 3.05) is 13.1 Å². The summed E-state index contributed by atoms with van der Waals surface area (Å²) in [5, 5.41) is 3.40. The van der Waals surface area contributed by atoms with Crippen molar-refractivity contribution in [3.63, 3.8) is 0 Å². The molecule has 3 rings (SSSR count). The maximum absolute atomic E-state index is 12.3. The van der Waals surface area contributed by atoms with E-state index in [9.17, 15) is 4.79 Å². The minimum Gasteiger partial charge on any atom is -0.338 e. The monoisotopic (exact) mass is 322 g/mol. The molecule has 0 bridgehead atoms. The van der Waals surface area contributed by atoms with E-state index in [1.807, 2.05) is 4.90 Å². The van der Waals surface area contributed by atoms with E-state index in [1.54, 1.807) is 0 Å². The van der Waals surface area contributed by atoms with Crippen molar-refractivity contribution in [3.05, 3.63) is 33.8 Å². The standard InChI is InChI=1S/C15H19BrN2O/c16-14-5-1-3-11-10-18(8-6-13(11)14)15(19)9-12-4-2-7-17-12/h1,3,5,12,17H,2,4,6-10H2. The molecule has 2 aliphatic heterocycles. The van der Waals surface area contributed by atoms with E-state index in [-0.39, 0.29) is 0 Å². The number of hydrogen-bond acceptors (Lipinski definition) is 2. The summed E-state index contributed by atoms with van der Waals surface area (Å²) in [4.78, 5) is 14.3. The van der Waals surface area contributed by atoms with Crippen LogP contribution in [0.3, 0.4) is 0 Å². The van der Waals surface area contributed by atoms with Crippen LogP contribution >= 0.6 is 15.9 Å². The lowest BCUT2D eigenvalue weighted by Crippen LogP contribution is -2.39. The van der Waals surface area contributed by atoms with Gasteiger partial charge in [0.05, 0.1) is 0 Å². The Labute approximate surface area is 122 Å². The molecule has 0 radical (unpaired) electrons. The third-order valence-corrected chi connectivity index (χ3v) is 4.89. The zero-order valence-corrected chi connectivity index (χ0v) is 12.6. The van der Waals surface area contributed by atoms with Gasteiger partial charge in [0.25, 0.3) is 0 Å². The molecule has 1 amide bonds. The van der Waals surface area contributed by atoms with Gasteiger partial charge in [-0.1, -0.05) is 28.1 Å². The molecule has 1 fully saturated rings. The van der Waals surface area contributed by atoms with Gasteiger partial charge in [0.15, 0.2) is 0 Å². The SMILES string of the molecule is O=C(CC1CCCN1)N1CCc2c(Br)cccc2C1. The molecule has 0 saturated carbocycles. The second kappa shape index (κ2) is 5.63. The van der Waals surface area contributed by atoms with Crippen molar-refractivity contribution < 1.29 is 4.79 Å². The third kappa shape index (κ3) is 2.84. The largest absolute Gasteiger partial charge is 0.338 e. The number of nitrogens with one attached hydrogen (secondary N) is 1. The Kier molecular flexibility index (Phi) is 3.89. The van der Waals surface area contributed by atoms with Crippen LogP contribution in [0.5, 0.6) is 0 Å². The van der Waals surface area contributed by atoms with Crippen LogP contribution in [0, 0.1) is 0 Å². The number of halogens is 1. The highest BCUT2D eigenvalue weighted by Crippen LogP contribution is 2.26. The molecule has 1 aromatic carbocycles. The van der Waals surface area contributed by atoms with E-state index >= 15 is 0 Å². The van der Waals surface area contributed by atoms with Crippen molar-refractivity contribution >= 4 is 21.8 Å². The fourth-order valence-electron chi connectivity index (χ4n) is 3.05. The number of carbonyl (C=O) groups excluding carboxylic acids is 1. The molecule has 19 heavy (non-hydrogen) atoms. The molecule has 1 atom stereocenters. The number of amides is 1. The second-order valence-corrected chi connectivity index (χ2v) is 6.29. The number of hydrogen-bond donors (Lipinski definition) is 1. The van der Waals surface area contributed by atoms with Crippen LogP contribution in [-0.2, 0) is 17.8 Å². The van der Waals surface area contributed by atoms with Gasteiger partial charge in [-0.2, -0.15) is 0 Å². The highest BCUT2D eigenvalue weighted by atomic mass is 79.9. The maximum atomic E-state index is 12.3. The van der Waals surface area contributed by atoms with E-state index in [0.29, 0.717) is 18.4 Å². The molecule has 102 valence electrons. The summed E-state index contributed by atoms with van der Waals surface area (Å²) in [7, 11) is 0. The van der Waals surface area contributed by atoms with Crippen molar-refractivity contribution in [2.45, 2.75) is 38.3 Å². The van der Waals surface area contributed by atoms with E-state index in [4.69, 9.17) is 0 Å². The fraction of sp³-hybridized carbons (Fsp3) is 0.533. The number of fused-ring (bicyclic) bond motifs is 1. The van der Waals surface area contributed by atoms with Crippen LogP contribution in [0.1, 0.15) is 30.4 Å². The summed E-state index contributed by atoms with van der Waals surface area (Å²) in [6.45, 7) is 2.68. The predicted octanol–water partition coefficient (Wildman–Crippen LogP) is 2.48. The Hall–Kier alpha value is -0.870. The lowest BCUT2D eigenvalue weighted by atomic mass is 9.99. The number of rotatable bonds is 2. The van der Waals surface area contributed by atoms with E-state index < -0.39 is 0 Å². The molecule has 4 heteroatoms. The summed E-state index contributed by atoms with van der Waals surface area (Å²) in [6, 6.07) is 6.66. The Morgan fingerprint density at radius 2 is 2.37 bits per heavy atom. The molecular formula is C15H19BrN2O. The molecule has 0 aromatic heterocycles. The Balaban J connectivity index is 1.66. The van der Waals surface area contributed by atoms with Crippen LogP contribution in [0.4, 0.5) is 0 Å². The quantitative estimate of drug-likeness (QED) is 0.907. The molecule has 1 saturated heterocycles. The van der Waals surface area contributed by atoms with Gasteiger partial charge in [0, 0.05) is 30.0 Å². The number of nitrogens with zero attached hydrogens (tertiary/aromatic N) is 1. The Morgan fingerprint density at radius 1 is 1.47 bits per heavy atom. The van der Waals surface area contributed by atoms with Gasteiger partial charge in [0.1, 0.15) is 0 Å². The van der Waals surface area contributed by atoms with E-state index in [0.717, 1.165) is 32.5 Å². The molecule has 2 aliphatic rings. The fourth-order valence-corrected chi connectivity index (χ4v) is 3.65. The van der Waals surface area contributed by atoms with Gasteiger partial charge in [-0.25, -0.2) is 0 Å². The molecule has 3 nitrogen and oxygen atoms in total. The molecule has 0 aliphatic carbocycles. The molecule has 1 unspecified atom stereocenters. The van der Waals surface area contributed by atoms with E-state index in [1.165, 1.54) is 22.0 Å². The molecule has 1 aromatic rings. The first-order valence-corrected chi connectivity index (χ1v) is 7.81. The lowest BCUT2D eigenvalue weighted by Gasteiger charge is -2.30. The van der Waals surface area contributed by atoms with Crippen LogP contribution in [0.25, 0.3) is 0 Å². The van der Waals surface area contributed by atoms with Gasteiger partial charge in [-0.15, -0.1) is 0 Å². The summed E-state index contributed by atoms with van der Waals surface area (Å²) in [5.74, 6) is 0.296. The van der Waals surface area contributed by atoms with E-state index in [2.05, 4.69) is 39.4 Å². The normalized spacial score (nSPS) is 22.4. The maximum Gasteiger partial charge on any atom is 0.224 e. The second-order valence-electron chi connectivity index (χ2n) is 5.44. The van der Waals surface area contributed by atoms with Crippen molar-refractivity contribution in [3.8, 4) is 0 Å². The highest BCUT2D eigenvalue weighted by Gasteiger charge is 2.25. The molecule has 2 heterocycles. The van der Waals surface area contributed by atoms with Crippen LogP contribution in [-0.4, -0.2) is 29.9 Å². The van der Waals surface area contributed by atoms with Crippen molar-refractivity contribution in [1.82, 2.24) is 10.2 Å². The lowest BCUT2D eigenvalue weighted by molar-refractivity contribution is -0.132. The average molecular weight is 323 g/mol. The topological polar surface area (TPSA) is 32.3 Å². The zero-order chi connectivity index (χ0) is 13.2. The molecule has 1 N–H and O–H groups in total. The predicted molar refractivity (Wildman–Crippen MR) is 78.9 cm³/mol. The Morgan fingerprint density at radius 3 is 3.16 bits per heavy atom. The molecule has 0 spiro atoms. The van der Waals surface area contributed by atoms with Crippen molar-refractivity contribution in [1.29, 1.82) is 0 Å². The van der Waals surface area contributed by atoms with Gasteiger partial charge in [-0.3, -0.25) is 4.79 Å². The highest BCUT2D eigenvalue weighted by molar-refractivity contribution is 9.10. The van der Waals surface area contributed by atoms with Crippen LogP contribution in [0.15, 0.2) is 22.7 Å². The van der Waals surface area contributed by atoms with Gasteiger partial charge < -0.3 is 10.2 Å². The van der Waals surface area contributed by atoms with Gasteiger partial charge in [0.2, 0.25) is 5.91 Å². The number of carbonyl (C=O) groups is 1. The van der Waals surface area contributed by atoms with Crippen molar-refractivity contribution in [2.24, 2.45) is 0 Å². The third-order valence-electron chi connectivity index (χ3n) is 4.14. The summed E-state index contributed by atoms with van der Waals surface area (Å²) < 4.78 is 1.18. The minimum atomic E-state index is 0.296.